The number of aromatic nitrogens is 1. The quantitative estimate of drug-likeness (QED) is 0.270. The van der Waals surface area contributed by atoms with Crippen molar-refractivity contribution in [3.05, 3.63) is 99.3 Å². The van der Waals surface area contributed by atoms with Crippen molar-refractivity contribution in [3.8, 4) is 0 Å². The van der Waals surface area contributed by atoms with Crippen LogP contribution in [-0.4, -0.2) is 21.8 Å². The van der Waals surface area contributed by atoms with Gasteiger partial charge in [-0.15, -0.1) is 0 Å². The van der Waals surface area contributed by atoms with E-state index in [0.29, 0.717) is 21.8 Å². The van der Waals surface area contributed by atoms with Gasteiger partial charge in [-0.1, -0.05) is 62.2 Å². The molecule has 1 atom stereocenters. The number of anilines is 1. The van der Waals surface area contributed by atoms with Crippen LogP contribution in [0.1, 0.15) is 43.5 Å². The summed E-state index contributed by atoms with van der Waals surface area (Å²) < 4.78 is 0. The Morgan fingerprint density at radius 1 is 1.00 bits per heavy atom. The van der Waals surface area contributed by atoms with Crippen LogP contribution in [0, 0.1) is 0 Å². The van der Waals surface area contributed by atoms with Gasteiger partial charge in [-0.2, -0.15) is 0 Å². The topological polar surface area (TPSA) is 70.5 Å². The number of rotatable bonds is 3. The maximum Gasteiger partial charge on any atom is 0.300 e. The number of pyridine rings is 1. The lowest BCUT2D eigenvalue weighted by Crippen LogP contribution is -2.29. The third kappa shape index (κ3) is 4.26. The molecule has 1 saturated heterocycles. The molecule has 0 saturated carbocycles. The van der Waals surface area contributed by atoms with E-state index < -0.39 is 17.7 Å². The van der Waals surface area contributed by atoms with Crippen LogP contribution in [0.15, 0.2) is 72.6 Å². The Kier molecular flexibility index (Phi) is 6.04. The first kappa shape index (κ1) is 23.0. The molecule has 1 aliphatic heterocycles. The van der Waals surface area contributed by atoms with E-state index in [2.05, 4.69) is 25.8 Å². The average Bonchev–Trinajstić information content (AvgIpc) is 3.06. The SMILES string of the molecule is CC(C)(C)c1ccc(N2C(=O)C(=O)/C(=C(\O)c3ccc(Cl)c(Cl)c3)C2c2cccnc2)cc1. The molecular weight excluding hydrogens is 459 g/mol. The van der Waals surface area contributed by atoms with Gasteiger partial charge >= 0.3 is 0 Å². The van der Waals surface area contributed by atoms with E-state index in [1.165, 1.54) is 17.0 Å². The number of carbonyl (C=O) groups excluding carboxylic acids is 2. The summed E-state index contributed by atoms with van der Waals surface area (Å²) in [4.78, 5) is 31.9. The minimum Gasteiger partial charge on any atom is -0.507 e. The number of nitrogens with zero attached hydrogens (tertiary/aromatic N) is 2. The zero-order chi connectivity index (χ0) is 23.9. The zero-order valence-electron chi connectivity index (χ0n) is 18.3. The van der Waals surface area contributed by atoms with Crippen molar-refractivity contribution in [2.45, 2.75) is 32.2 Å². The first-order valence-electron chi connectivity index (χ1n) is 10.4. The molecule has 2 heterocycles. The first-order chi connectivity index (χ1) is 15.6. The fourth-order valence-electron chi connectivity index (χ4n) is 3.87. The van der Waals surface area contributed by atoms with Gasteiger partial charge in [-0.05, 0) is 52.9 Å². The van der Waals surface area contributed by atoms with Gasteiger partial charge in [-0.3, -0.25) is 19.5 Å². The molecule has 1 unspecified atom stereocenters. The molecule has 5 nitrogen and oxygen atoms in total. The van der Waals surface area contributed by atoms with Crippen LogP contribution in [0.3, 0.4) is 0 Å². The van der Waals surface area contributed by atoms with Crippen molar-refractivity contribution >= 4 is 46.3 Å². The molecule has 168 valence electrons. The first-order valence-corrected chi connectivity index (χ1v) is 11.1. The monoisotopic (exact) mass is 480 g/mol. The normalized spacial score (nSPS) is 18.1. The van der Waals surface area contributed by atoms with E-state index in [4.69, 9.17) is 23.2 Å². The molecule has 1 aromatic heterocycles. The Hall–Kier alpha value is -3.15. The zero-order valence-corrected chi connectivity index (χ0v) is 19.9. The Morgan fingerprint density at radius 2 is 1.70 bits per heavy atom. The Labute approximate surface area is 202 Å². The van der Waals surface area contributed by atoms with Gasteiger partial charge in [0.15, 0.2) is 0 Å². The summed E-state index contributed by atoms with van der Waals surface area (Å²) in [6.45, 7) is 6.29. The third-order valence-electron chi connectivity index (χ3n) is 5.65. The summed E-state index contributed by atoms with van der Waals surface area (Å²) in [5.74, 6) is -1.84. The molecular formula is C26H22Cl2N2O3. The number of ketones is 1. The summed E-state index contributed by atoms with van der Waals surface area (Å²) in [5, 5.41) is 11.7. The number of aliphatic hydroxyl groups excluding tert-OH is 1. The number of halogens is 2. The van der Waals surface area contributed by atoms with Gasteiger partial charge < -0.3 is 5.11 Å². The minimum atomic E-state index is -0.853. The van der Waals surface area contributed by atoms with Gasteiger partial charge in [0.25, 0.3) is 11.7 Å². The lowest BCUT2D eigenvalue weighted by molar-refractivity contribution is -0.132. The van der Waals surface area contributed by atoms with Crippen LogP contribution in [-0.2, 0) is 15.0 Å². The highest BCUT2D eigenvalue weighted by Crippen LogP contribution is 2.42. The van der Waals surface area contributed by atoms with Crippen LogP contribution < -0.4 is 4.90 Å². The van der Waals surface area contributed by atoms with E-state index in [1.54, 1.807) is 30.6 Å². The van der Waals surface area contributed by atoms with Crippen LogP contribution in [0.4, 0.5) is 5.69 Å². The molecule has 2 aromatic carbocycles. The maximum absolute atomic E-state index is 13.2. The van der Waals surface area contributed by atoms with Crippen LogP contribution in [0.2, 0.25) is 10.0 Å². The predicted molar refractivity (Wildman–Crippen MR) is 131 cm³/mol. The number of amides is 1. The molecule has 0 radical (unpaired) electrons. The molecule has 1 aliphatic rings. The molecule has 1 N–H and O–H groups in total. The van der Waals surface area contributed by atoms with Crippen LogP contribution in [0.5, 0.6) is 0 Å². The summed E-state index contributed by atoms with van der Waals surface area (Å²) in [6, 6.07) is 14.7. The van der Waals surface area contributed by atoms with Gasteiger partial charge in [-0.25, -0.2) is 0 Å². The van der Waals surface area contributed by atoms with Crippen molar-refractivity contribution in [2.24, 2.45) is 0 Å². The number of hydrogen-bond donors (Lipinski definition) is 1. The molecule has 0 aliphatic carbocycles. The Bertz CT molecular complexity index is 1260. The second kappa shape index (κ2) is 8.65. The maximum atomic E-state index is 13.2. The summed E-state index contributed by atoms with van der Waals surface area (Å²) >= 11 is 12.1. The number of carbonyl (C=O) groups is 2. The van der Waals surface area contributed by atoms with Gasteiger partial charge in [0.05, 0.1) is 21.7 Å². The summed E-state index contributed by atoms with van der Waals surface area (Å²) in [7, 11) is 0. The van der Waals surface area contributed by atoms with E-state index in [0.717, 1.165) is 5.56 Å². The molecule has 0 bridgehead atoms. The highest BCUT2D eigenvalue weighted by molar-refractivity contribution is 6.51. The molecule has 0 spiro atoms. The van der Waals surface area contributed by atoms with E-state index in [1.807, 2.05) is 24.3 Å². The third-order valence-corrected chi connectivity index (χ3v) is 6.39. The van der Waals surface area contributed by atoms with Crippen molar-refractivity contribution in [3.63, 3.8) is 0 Å². The largest absolute Gasteiger partial charge is 0.507 e. The molecule has 33 heavy (non-hydrogen) atoms. The molecule has 7 heteroatoms. The Balaban J connectivity index is 1.90. The summed E-state index contributed by atoms with van der Waals surface area (Å²) in [5.41, 5.74) is 2.43. The highest BCUT2D eigenvalue weighted by atomic mass is 35.5. The lowest BCUT2D eigenvalue weighted by atomic mass is 9.87. The fraction of sp³-hybridized carbons (Fsp3) is 0.192. The van der Waals surface area contributed by atoms with E-state index >= 15 is 0 Å². The van der Waals surface area contributed by atoms with Gasteiger partial charge in [0.1, 0.15) is 5.76 Å². The second-order valence-electron chi connectivity index (χ2n) is 8.88. The second-order valence-corrected chi connectivity index (χ2v) is 9.70. The van der Waals surface area contributed by atoms with E-state index in [9.17, 15) is 14.7 Å². The van der Waals surface area contributed by atoms with Crippen LogP contribution >= 0.6 is 23.2 Å². The molecule has 1 amide bonds. The average molecular weight is 481 g/mol. The van der Waals surface area contributed by atoms with E-state index in [-0.39, 0.29) is 21.8 Å². The van der Waals surface area contributed by atoms with Gasteiger partial charge in [0, 0.05) is 23.6 Å². The molecule has 3 aromatic rings. The number of Topliss-reactive ketones (excluding diaryl/α,β-unsaturated/α-hetero) is 1. The molecule has 4 rings (SSSR count). The molecule has 1 fully saturated rings. The minimum absolute atomic E-state index is 0.0358. The smallest absolute Gasteiger partial charge is 0.300 e. The Morgan fingerprint density at radius 3 is 2.27 bits per heavy atom. The summed E-state index contributed by atoms with van der Waals surface area (Å²) in [6.07, 6.45) is 3.18. The number of benzene rings is 2. The lowest BCUT2D eigenvalue weighted by Gasteiger charge is -2.26. The number of aliphatic hydroxyl groups is 1. The highest BCUT2D eigenvalue weighted by Gasteiger charge is 2.47. The van der Waals surface area contributed by atoms with Gasteiger partial charge in [0.2, 0.25) is 0 Å². The fourth-order valence-corrected chi connectivity index (χ4v) is 4.17. The predicted octanol–water partition coefficient (Wildman–Crippen LogP) is 6.31. The standard InChI is InChI=1S/C26H22Cl2N2O3/c1-26(2,3)17-7-9-18(10-8-17)30-22(16-5-4-12-29-14-16)21(24(32)25(30)33)23(31)15-6-11-19(27)20(28)13-15/h4-14,22,31H,1-3H3/b23-21-. The van der Waals surface area contributed by atoms with Crippen molar-refractivity contribution in [1.82, 2.24) is 4.98 Å². The van der Waals surface area contributed by atoms with Crippen molar-refractivity contribution in [2.75, 3.05) is 4.90 Å². The van der Waals surface area contributed by atoms with Crippen molar-refractivity contribution in [1.29, 1.82) is 0 Å². The van der Waals surface area contributed by atoms with Crippen molar-refractivity contribution < 1.29 is 14.7 Å². The number of hydrogen-bond acceptors (Lipinski definition) is 4. The van der Waals surface area contributed by atoms with Crippen LogP contribution in [0.25, 0.3) is 5.76 Å².